The van der Waals surface area contributed by atoms with Crippen LogP contribution in [0.5, 0.6) is 0 Å². The third-order valence-corrected chi connectivity index (χ3v) is 3.61. The van der Waals surface area contributed by atoms with Crippen molar-refractivity contribution in [3.63, 3.8) is 0 Å². The average molecular weight is 340 g/mol. The van der Waals surface area contributed by atoms with Gasteiger partial charge in [0, 0.05) is 25.1 Å². The number of nitrogens with one attached hydrogen (secondary N) is 2. The topological polar surface area (TPSA) is 76.4 Å². The molecule has 0 saturated carbocycles. The normalized spacial score (nSPS) is 16.4. The predicted octanol–water partition coefficient (Wildman–Crippen LogP) is 1.19. The van der Waals surface area contributed by atoms with E-state index in [1.54, 1.807) is 13.2 Å². The molecule has 8 heteroatoms. The maximum absolute atomic E-state index is 11.9. The molecule has 2 rings (SSSR count). The predicted molar refractivity (Wildman–Crippen MR) is 84.1 cm³/mol. The first-order valence-corrected chi connectivity index (χ1v) is 6.60. The number of carbonyl (C=O) groups excluding carboxylic acids is 1. The number of nitrogens with zero attached hydrogens (tertiary/aromatic N) is 1. The van der Waals surface area contributed by atoms with E-state index in [0.717, 1.165) is 25.9 Å². The first-order chi connectivity index (χ1) is 9.24. The van der Waals surface area contributed by atoms with E-state index in [-0.39, 0.29) is 42.6 Å². The molecule has 0 bridgehead atoms. The highest BCUT2D eigenvalue weighted by Gasteiger charge is 2.32. The van der Waals surface area contributed by atoms with Crippen molar-refractivity contribution in [3.8, 4) is 0 Å². The molecule has 0 aliphatic carbocycles. The molecule has 1 aliphatic rings. The highest BCUT2D eigenvalue weighted by molar-refractivity contribution is 5.85. The Hall–Kier alpha value is -0.820. The van der Waals surface area contributed by atoms with Crippen LogP contribution in [0.15, 0.2) is 16.9 Å². The fourth-order valence-corrected chi connectivity index (χ4v) is 2.48. The van der Waals surface area contributed by atoms with Crippen molar-refractivity contribution in [2.75, 3.05) is 33.4 Å². The molecular weight excluding hydrogens is 317 g/mol. The van der Waals surface area contributed by atoms with E-state index >= 15 is 0 Å². The van der Waals surface area contributed by atoms with Crippen molar-refractivity contribution in [3.05, 3.63) is 18.0 Å². The lowest BCUT2D eigenvalue weighted by Gasteiger charge is -2.37. The summed E-state index contributed by atoms with van der Waals surface area (Å²) in [6.45, 7) is 3.28. The number of halogens is 2. The summed E-state index contributed by atoms with van der Waals surface area (Å²) in [6, 6.07) is 1.70. The maximum atomic E-state index is 11.9. The van der Waals surface area contributed by atoms with Crippen LogP contribution < -0.4 is 10.6 Å². The molecule has 0 spiro atoms. The Morgan fingerprint density at radius 1 is 1.48 bits per heavy atom. The van der Waals surface area contributed by atoms with Crippen molar-refractivity contribution in [2.24, 2.45) is 5.41 Å². The van der Waals surface area contributed by atoms with Crippen LogP contribution in [0.25, 0.3) is 0 Å². The molecule has 1 saturated heterocycles. The van der Waals surface area contributed by atoms with Crippen LogP contribution >= 0.6 is 24.8 Å². The van der Waals surface area contributed by atoms with Crippen LogP contribution in [0, 0.1) is 5.41 Å². The number of rotatable bonds is 6. The molecule has 1 aliphatic heterocycles. The fraction of sp³-hybridized carbons (Fsp3) is 0.692. The van der Waals surface area contributed by atoms with Crippen molar-refractivity contribution < 1.29 is 14.1 Å². The summed E-state index contributed by atoms with van der Waals surface area (Å²) in [6.07, 6.45) is 3.77. The lowest BCUT2D eigenvalue weighted by atomic mass is 9.79. The lowest BCUT2D eigenvalue weighted by molar-refractivity contribution is -0.121. The highest BCUT2D eigenvalue weighted by Crippen LogP contribution is 2.28. The highest BCUT2D eigenvalue weighted by atomic mass is 35.5. The molecule has 1 aromatic heterocycles. The minimum absolute atomic E-state index is 0. The smallest absolute Gasteiger partial charge is 0.226 e. The third kappa shape index (κ3) is 6.22. The van der Waals surface area contributed by atoms with Gasteiger partial charge in [-0.1, -0.05) is 5.16 Å². The Morgan fingerprint density at radius 3 is 2.76 bits per heavy atom. The van der Waals surface area contributed by atoms with Crippen molar-refractivity contribution in [1.82, 2.24) is 15.8 Å². The van der Waals surface area contributed by atoms with Gasteiger partial charge < -0.3 is 19.9 Å². The Labute approximate surface area is 137 Å². The Bertz CT molecular complexity index is 390. The van der Waals surface area contributed by atoms with E-state index < -0.39 is 0 Å². The first-order valence-electron chi connectivity index (χ1n) is 6.60. The van der Waals surface area contributed by atoms with E-state index in [0.29, 0.717) is 18.8 Å². The number of carbonyl (C=O) groups is 1. The van der Waals surface area contributed by atoms with E-state index in [1.165, 1.54) is 6.26 Å². The minimum atomic E-state index is -0.0251. The zero-order valence-corrected chi connectivity index (χ0v) is 13.7. The summed E-state index contributed by atoms with van der Waals surface area (Å²) < 4.78 is 10.0. The van der Waals surface area contributed by atoms with E-state index in [9.17, 15) is 4.79 Å². The third-order valence-electron chi connectivity index (χ3n) is 3.61. The zero-order chi connectivity index (χ0) is 13.6. The molecular formula is C13H23Cl2N3O3. The van der Waals surface area contributed by atoms with Gasteiger partial charge in [-0.25, -0.2) is 0 Å². The SMILES string of the molecule is COCC1(CNC(=O)Cc2ccon2)CCNCC1.Cl.Cl. The van der Waals surface area contributed by atoms with Gasteiger partial charge in [-0.05, 0) is 25.9 Å². The summed E-state index contributed by atoms with van der Waals surface area (Å²) >= 11 is 0. The minimum Gasteiger partial charge on any atom is -0.384 e. The van der Waals surface area contributed by atoms with Gasteiger partial charge in [0.05, 0.1) is 18.7 Å². The molecule has 1 amide bonds. The number of hydrogen-bond acceptors (Lipinski definition) is 5. The van der Waals surface area contributed by atoms with E-state index in [2.05, 4.69) is 15.8 Å². The first kappa shape index (κ1) is 20.2. The van der Waals surface area contributed by atoms with Crippen LogP contribution in [0.2, 0.25) is 0 Å². The molecule has 0 atom stereocenters. The second kappa shape index (κ2) is 10.00. The monoisotopic (exact) mass is 339 g/mol. The van der Waals surface area contributed by atoms with Crippen LogP contribution in [-0.2, 0) is 16.0 Å². The van der Waals surface area contributed by atoms with Crippen molar-refractivity contribution in [1.29, 1.82) is 0 Å². The van der Waals surface area contributed by atoms with E-state index in [4.69, 9.17) is 9.26 Å². The quantitative estimate of drug-likeness (QED) is 0.814. The molecule has 2 heterocycles. The molecule has 122 valence electrons. The largest absolute Gasteiger partial charge is 0.384 e. The number of hydrogen-bond donors (Lipinski definition) is 2. The Morgan fingerprint density at radius 2 is 2.19 bits per heavy atom. The maximum Gasteiger partial charge on any atom is 0.226 e. The standard InChI is InChI=1S/C13H21N3O3.2ClH/c1-18-10-13(3-5-14-6-4-13)9-15-12(17)8-11-2-7-19-16-11;;/h2,7,14H,3-6,8-10H2,1H3,(H,15,17);2*1H. The fourth-order valence-electron chi connectivity index (χ4n) is 2.48. The summed E-state index contributed by atoms with van der Waals surface area (Å²) in [5, 5.41) is 10.1. The second-order valence-electron chi connectivity index (χ2n) is 5.13. The summed E-state index contributed by atoms with van der Waals surface area (Å²) in [5.74, 6) is -0.0251. The Balaban J connectivity index is 0.00000200. The van der Waals surface area contributed by atoms with Crippen LogP contribution in [-0.4, -0.2) is 44.4 Å². The van der Waals surface area contributed by atoms with Gasteiger partial charge in [0.2, 0.25) is 5.91 Å². The second-order valence-corrected chi connectivity index (χ2v) is 5.13. The van der Waals surface area contributed by atoms with Gasteiger partial charge in [0.15, 0.2) is 0 Å². The van der Waals surface area contributed by atoms with Gasteiger partial charge in [-0.2, -0.15) is 0 Å². The summed E-state index contributed by atoms with van der Waals surface area (Å²) in [7, 11) is 1.71. The molecule has 0 radical (unpaired) electrons. The van der Waals surface area contributed by atoms with Gasteiger partial charge in [0.1, 0.15) is 6.26 Å². The number of ether oxygens (including phenoxy) is 1. The van der Waals surface area contributed by atoms with E-state index in [1.807, 2.05) is 0 Å². The number of piperidine rings is 1. The van der Waals surface area contributed by atoms with Gasteiger partial charge in [-0.15, -0.1) is 24.8 Å². The molecule has 1 aromatic rings. The number of amides is 1. The molecule has 6 nitrogen and oxygen atoms in total. The van der Waals surface area contributed by atoms with Gasteiger partial charge in [0.25, 0.3) is 0 Å². The number of aromatic nitrogens is 1. The molecule has 0 aromatic carbocycles. The summed E-state index contributed by atoms with van der Waals surface area (Å²) in [4.78, 5) is 11.9. The molecule has 1 fully saturated rings. The van der Waals surface area contributed by atoms with Crippen LogP contribution in [0.4, 0.5) is 0 Å². The molecule has 0 unspecified atom stereocenters. The molecule has 21 heavy (non-hydrogen) atoms. The van der Waals surface area contributed by atoms with Gasteiger partial charge >= 0.3 is 0 Å². The van der Waals surface area contributed by atoms with Crippen molar-refractivity contribution >= 4 is 30.7 Å². The number of methoxy groups -OCH3 is 1. The van der Waals surface area contributed by atoms with Crippen LogP contribution in [0.1, 0.15) is 18.5 Å². The summed E-state index contributed by atoms with van der Waals surface area (Å²) in [5.41, 5.74) is 0.711. The average Bonchev–Trinajstić information content (AvgIpc) is 2.91. The Kier molecular flexibility index (Phi) is 9.61. The van der Waals surface area contributed by atoms with Crippen molar-refractivity contribution in [2.45, 2.75) is 19.3 Å². The lowest BCUT2D eigenvalue weighted by Crippen LogP contribution is -2.47. The zero-order valence-electron chi connectivity index (χ0n) is 12.1. The van der Waals surface area contributed by atoms with Crippen LogP contribution in [0.3, 0.4) is 0 Å². The molecule has 2 N–H and O–H groups in total. The van der Waals surface area contributed by atoms with Gasteiger partial charge in [-0.3, -0.25) is 4.79 Å².